The van der Waals surface area contributed by atoms with Crippen molar-refractivity contribution in [2.45, 2.75) is 24.4 Å². The van der Waals surface area contributed by atoms with Gasteiger partial charge in [-0.2, -0.15) is 0 Å². The van der Waals surface area contributed by atoms with Gasteiger partial charge < -0.3 is 0 Å². The summed E-state index contributed by atoms with van der Waals surface area (Å²) >= 11 is 5.63. The number of aldehydes is 1. The number of halogens is 2. The molecule has 2 atom stereocenters. The third kappa shape index (κ3) is 1.52. The highest BCUT2D eigenvalue weighted by atomic mass is 35.5. The van der Waals surface area contributed by atoms with Gasteiger partial charge in [0.2, 0.25) is 0 Å². The van der Waals surface area contributed by atoms with Gasteiger partial charge in [0.25, 0.3) is 0 Å². The Kier molecular flexibility index (Phi) is 2.50. The summed E-state index contributed by atoms with van der Waals surface area (Å²) in [6.07, 6.45) is 1.99. The summed E-state index contributed by atoms with van der Waals surface area (Å²) in [5.41, 5.74) is 1.75. The molecule has 0 spiro atoms. The molecule has 0 saturated heterocycles. The largest absolute Gasteiger partial charge is 0.298 e. The quantitative estimate of drug-likeness (QED) is 0.570. The third-order valence-corrected chi connectivity index (χ3v) is 2.72. The Labute approximate surface area is 86.1 Å². The van der Waals surface area contributed by atoms with E-state index in [1.807, 2.05) is 0 Å². The summed E-state index contributed by atoms with van der Waals surface area (Å²) in [6.45, 7) is 0. The van der Waals surface area contributed by atoms with Crippen LogP contribution in [0.25, 0.3) is 0 Å². The monoisotopic (exact) mass is 213 g/mol. The lowest BCUT2D eigenvalue weighted by atomic mass is 10.0. The normalized spacial score (nSPS) is 24.7. The summed E-state index contributed by atoms with van der Waals surface area (Å²) in [7, 11) is 0. The molecule has 1 saturated carbocycles. The van der Waals surface area contributed by atoms with E-state index in [1.54, 1.807) is 12.3 Å². The van der Waals surface area contributed by atoms with E-state index in [-0.39, 0.29) is 11.8 Å². The van der Waals surface area contributed by atoms with Crippen molar-refractivity contribution in [1.82, 2.24) is 4.98 Å². The van der Waals surface area contributed by atoms with Gasteiger partial charge in [0, 0.05) is 17.7 Å². The van der Waals surface area contributed by atoms with Crippen LogP contribution in [0.1, 0.15) is 34.0 Å². The lowest BCUT2D eigenvalue weighted by Gasteiger charge is -2.05. The van der Waals surface area contributed by atoms with Crippen molar-refractivity contribution in [2.24, 2.45) is 0 Å². The molecule has 1 aliphatic rings. The average Bonchev–Trinajstić information content (AvgIpc) is 2.94. The zero-order valence-electron chi connectivity index (χ0n) is 7.41. The van der Waals surface area contributed by atoms with E-state index in [1.165, 1.54) is 0 Å². The zero-order chi connectivity index (χ0) is 10.1. The maximum Gasteiger partial charge on any atom is 0.152 e. The Balaban J connectivity index is 2.43. The Morgan fingerprint density at radius 1 is 1.71 bits per heavy atom. The first kappa shape index (κ1) is 9.59. The number of hydrogen-bond acceptors (Lipinski definition) is 2. The summed E-state index contributed by atoms with van der Waals surface area (Å²) in [6, 6.07) is 1.70. The van der Waals surface area contributed by atoms with E-state index < -0.39 is 6.17 Å². The first-order valence-electron chi connectivity index (χ1n) is 4.41. The van der Waals surface area contributed by atoms with Crippen molar-refractivity contribution in [1.29, 1.82) is 0 Å². The van der Waals surface area contributed by atoms with Crippen LogP contribution in [0.15, 0.2) is 12.3 Å². The second kappa shape index (κ2) is 3.65. The van der Waals surface area contributed by atoms with Crippen LogP contribution in [0.4, 0.5) is 4.39 Å². The number of hydrogen-bond donors (Lipinski definition) is 0. The highest BCUT2D eigenvalue weighted by Crippen LogP contribution is 2.44. The van der Waals surface area contributed by atoms with Gasteiger partial charge in [-0.1, -0.05) is 0 Å². The first-order valence-corrected chi connectivity index (χ1v) is 4.94. The lowest BCUT2D eigenvalue weighted by Crippen LogP contribution is -2.00. The number of nitrogens with zero attached hydrogens (tertiary/aromatic N) is 1. The van der Waals surface area contributed by atoms with Gasteiger partial charge in [-0.3, -0.25) is 9.78 Å². The van der Waals surface area contributed by atoms with Gasteiger partial charge in [0.15, 0.2) is 6.29 Å². The van der Waals surface area contributed by atoms with Crippen LogP contribution < -0.4 is 0 Å². The molecule has 0 radical (unpaired) electrons. The van der Waals surface area contributed by atoms with Crippen LogP contribution in [-0.2, 0) is 5.88 Å². The average molecular weight is 214 g/mol. The number of aromatic nitrogens is 1. The molecule has 14 heavy (non-hydrogen) atoms. The zero-order valence-corrected chi connectivity index (χ0v) is 8.17. The summed E-state index contributed by atoms with van der Waals surface area (Å²) < 4.78 is 12.8. The molecule has 1 aliphatic carbocycles. The molecule has 0 bridgehead atoms. The number of alkyl halides is 2. The van der Waals surface area contributed by atoms with Crippen molar-refractivity contribution < 1.29 is 9.18 Å². The standard InChI is InChI=1S/C10H9ClFNO/c11-4-10-8(5-14)6(1-2-13-10)7-3-9(7)12/h1-2,5,7,9H,3-4H2/t7-,9-/m0/s1. The van der Waals surface area contributed by atoms with Crippen LogP contribution in [0.3, 0.4) is 0 Å². The minimum atomic E-state index is -0.806. The van der Waals surface area contributed by atoms with E-state index in [9.17, 15) is 9.18 Å². The Bertz CT molecular complexity index is 369. The number of rotatable bonds is 3. The molecule has 1 aromatic heterocycles. The SMILES string of the molecule is O=Cc1c([C@@H]2C[C@@H]2F)ccnc1CCl. The van der Waals surface area contributed by atoms with E-state index in [4.69, 9.17) is 11.6 Å². The highest BCUT2D eigenvalue weighted by molar-refractivity contribution is 6.17. The molecular weight excluding hydrogens is 205 g/mol. The van der Waals surface area contributed by atoms with Gasteiger partial charge in [-0.05, 0) is 18.1 Å². The molecule has 0 aromatic carbocycles. The van der Waals surface area contributed by atoms with Gasteiger partial charge in [-0.25, -0.2) is 4.39 Å². The molecule has 0 amide bonds. The number of carbonyl (C=O) groups is 1. The Morgan fingerprint density at radius 3 is 2.93 bits per heavy atom. The summed E-state index contributed by atoms with van der Waals surface area (Å²) in [5, 5.41) is 0. The van der Waals surface area contributed by atoms with E-state index in [0.29, 0.717) is 24.0 Å². The molecule has 0 unspecified atom stereocenters. The minimum Gasteiger partial charge on any atom is -0.298 e. The minimum absolute atomic E-state index is 0.125. The Hall–Kier alpha value is -0.960. The van der Waals surface area contributed by atoms with Crippen LogP contribution in [0, 0.1) is 0 Å². The van der Waals surface area contributed by atoms with Crippen LogP contribution in [-0.4, -0.2) is 17.4 Å². The molecular formula is C10H9ClFNO. The summed E-state index contributed by atoms with van der Waals surface area (Å²) in [5.74, 6) is 0.0613. The van der Waals surface area contributed by atoms with Crippen LogP contribution in [0.2, 0.25) is 0 Å². The topological polar surface area (TPSA) is 30.0 Å². The number of pyridine rings is 1. The first-order chi connectivity index (χ1) is 6.77. The molecule has 4 heteroatoms. The molecule has 74 valence electrons. The fourth-order valence-corrected chi connectivity index (χ4v) is 1.80. The number of carbonyl (C=O) groups excluding carboxylic acids is 1. The predicted molar refractivity (Wildman–Crippen MR) is 51.4 cm³/mol. The molecule has 1 heterocycles. The van der Waals surface area contributed by atoms with Gasteiger partial charge in [0.05, 0.1) is 11.6 Å². The second-order valence-corrected chi connectivity index (χ2v) is 3.64. The lowest BCUT2D eigenvalue weighted by molar-refractivity contribution is 0.112. The highest BCUT2D eigenvalue weighted by Gasteiger charge is 2.40. The molecule has 1 aromatic rings. The fourth-order valence-electron chi connectivity index (χ4n) is 1.59. The fraction of sp³-hybridized carbons (Fsp3) is 0.400. The van der Waals surface area contributed by atoms with E-state index in [2.05, 4.69) is 4.98 Å². The molecule has 2 rings (SSSR count). The van der Waals surface area contributed by atoms with Crippen molar-refractivity contribution in [3.05, 3.63) is 29.1 Å². The molecule has 0 aliphatic heterocycles. The maximum atomic E-state index is 12.8. The van der Waals surface area contributed by atoms with Crippen molar-refractivity contribution >= 4 is 17.9 Å². The van der Waals surface area contributed by atoms with Gasteiger partial charge >= 0.3 is 0 Å². The van der Waals surface area contributed by atoms with Crippen LogP contribution in [0.5, 0.6) is 0 Å². The Morgan fingerprint density at radius 2 is 2.43 bits per heavy atom. The predicted octanol–water partition coefficient (Wildman–Crippen LogP) is 2.46. The smallest absolute Gasteiger partial charge is 0.152 e. The van der Waals surface area contributed by atoms with Crippen molar-refractivity contribution in [2.75, 3.05) is 0 Å². The van der Waals surface area contributed by atoms with Crippen molar-refractivity contribution in [3.63, 3.8) is 0 Å². The molecule has 1 fully saturated rings. The third-order valence-electron chi connectivity index (χ3n) is 2.46. The van der Waals surface area contributed by atoms with E-state index >= 15 is 0 Å². The molecule has 2 nitrogen and oxygen atoms in total. The second-order valence-electron chi connectivity index (χ2n) is 3.37. The molecule has 0 N–H and O–H groups in total. The van der Waals surface area contributed by atoms with Gasteiger partial charge in [-0.15, -0.1) is 11.6 Å². The van der Waals surface area contributed by atoms with E-state index in [0.717, 1.165) is 5.56 Å². The van der Waals surface area contributed by atoms with Gasteiger partial charge in [0.1, 0.15) is 6.17 Å². The van der Waals surface area contributed by atoms with Crippen molar-refractivity contribution in [3.8, 4) is 0 Å². The summed E-state index contributed by atoms with van der Waals surface area (Å²) in [4.78, 5) is 14.8. The maximum absolute atomic E-state index is 12.8. The van der Waals surface area contributed by atoms with Crippen LogP contribution >= 0.6 is 11.6 Å².